The fraction of sp³-hybridized carbons (Fsp3) is 0.467. The van der Waals surface area contributed by atoms with Crippen molar-refractivity contribution in [2.45, 2.75) is 6.92 Å². The number of anilines is 1. The number of likely N-dealkylation sites (tertiary alicyclic amines) is 1. The monoisotopic (exact) mass is 290 g/mol. The molecular formula is C15H18N2O4. The molecule has 6 nitrogen and oxygen atoms in total. The lowest BCUT2D eigenvalue weighted by Crippen LogP contribution is -2.53. The van der Waals surface area contributed by atoms with Gasteiger partial charge in [-0.1, -0.05) is 13.0 Å². The molecule has 1 fully saturated rings. The van der Waals surface area contributed by atoms with Crippen LogP contribution in [0, 0.1) is 11.8 Å². The quantitative estimate of drug-likeness (QED) is 0.877. The van der Waals surface area contributed by atoms with Gasteiger partial charge in [0.25, 0.3) is 5.91 Å². The fourth-order valence-electron chi connectivity index (χ4n) is 2.71. The summed E-state index contributed by atoms with van der Waals surface area (Å²) in [5, 5.41) is 12.2. The van der Waals surface area contributed by atoms with E-state index in [2.05, 4.69) is 5.32 Å². The summed E-state index contributed by atoms with van der Waals surface area (Å²) in [6.07, 6.45) is 0. The van der Waals surface area contributed by atoms with Crippen molar-refractivity contribution in [1.29, 1.82) is 0 Å². The van der Waals surface area contributed by atoms with Crippen molar-refractivity contribution in [3.63, 3.8) is 0 Å². The second-order valence-electron chi connectivity index (χ2n) is 5.55. The van der Waals surface area contributed by atoms with E-state index in [0.29, 0.717) is 31.0 Å². The molecular weight excluding hydrogens is 272 g/mol. The van der Waals surface area contributed by atoms with E-state index in [-0.39, 0.29) is 11.8 Å². The summed E-state index contributed by atoms with van der Waals surface area (Å²) >= 11 is 0. The number of nitrogens with one attached hydrogen (secondary N) is 1. The number of aliphatic carboxylic acids is 1. The molecule has 1 saturated heterocycles. The minimum absolute atomic E-state index is 0.0324. The van der Waals surface area contributed by atoms with Gasteiger partial charge in [-0.3, -0.25) is 9.59 Å². The Bertz CT molecular complexity index is 581. The molecule has 1 amide bonds. The van der Waals surface area contributed by atoms with Gasteiger partial charge < -0.3 is 20.1 Å². The molecule has 0 radical (unpaired) electrons. The average Bonchev–Trinajstić information content (AvgIpc) is 2.44. The number of amides is 1. The number of carboxylic acid groups (broad SMARTS) is 1. The molecule has 2 heterocycles. The van der Waals surface area contributed by atoms with Crippen LogP contribution < -0.4 is 10.1 Å². The number of carbonyl (C=O) groups is 2. The van der Waals surface area contributed by atoms with Crippen molar-refractivity contribution in [2.24, 2.45) is 11.8 Å². The number of nitrogens with zero attached hydrogens (tertiary/aromatic N) is 1. The highest BCUT2D eigenvalue weighted by Gasteiger charge is 2.38. The third-order valence-corrected chi connectivity index (χ3v) is 4.20. The zero-order valence-corrected chi connectivity index (χ0v) is 11.8. The van der Waals surface area contributed by atoms with Crippen LogP contribution in [0.25, 0.3) is 0 Å². The van der Waals surface area contributed by atoms with Gasteiger partial charge in [-0.2, -0.15) is 0 Å². The van der Waals surface area contributed by atoms with Crippen LogP contribution in [0.15, 0.2) is 18.2 Å². The molecule has 0 aromatic heterocycles. The van der Waals surface area contributed by atoms with Crippen molar-refractivity contribution < 1.29 is 19.4 Å². The zero-order valence-electron chi connectivity index (χ0n) is 11.8. The first-order chi connectivity index (χ1) is 10.1. The minimum atomic E-state index is -0.809. The molecule has 0 aliphatic carbocycles. The number of hydrogen-bond donors (Lipinski definition) is 2. The SMILES string of the molecule is CC(C(=O)O)C1CN(C(=O)c2cccc3c2OCCN3)C1. The van der Waals surface area contributed by atoms with Crippen LogP contribution in [0.2, 0.25) is 0 Å². The molecule has 1 unspecified atom stereocenters. The van der Waals surface area contributed by atoms with Gasteiger partial charge >= 0.3 is 5.97 Å². The van der Waals surface area contributed by atoms with Gasteiger partial charge in [0.15, 0.2) is 5.75 Å². The van der Waals surface area contributed by atoms with Gasteiger partial charge in [-0.15, -0.1) is 0 Å². The van der Waals surface area contributed by atoms with E-state index in [1.807, 2.05) is 12.1 Å². The maximum absolute atomic E-state index is 12.5. The topological polar surface area (TPSA) is 78.9 Å². The third kappa shape index (κ3) is 2.41. The van der Waals surface area contributed by atoms with E-state index >= 15 is 0 Å². The highest BCUT2D eigenvalue weighted by molar-refractivity contribution is 5.99. The maximum atomic E-state index is 12.5. The molecule has 2 N–H and O–H groups in total. The number of carboxylic acids is 1. The Hall–Kier alpha value is -2.24. The molecule has 2 aliphatic rings. The first-order valence-corrected chi connectivity index (χ1v) is 7.09. The largest absolute Gasteiger partial charge is 0.489 e. The summed E-state index contributed by atoms with van der Waals surface area (Å²) in [4.78, 5) is 25.1. The number of rotatable bonds is 3. The molecule has 112 valence electrons. The first kappa shape index (κ1) is 13.7. The Morgan fingerprint density at radius 1 is 1.43 bits per heavy atom. The van der Waals surface area contributed by atoms with E-state index in [0.717, 1.165) is 12.2 Å². The van der Waals surface area contributed by atoms with Crippen LogP contribution in [0.3, 0.4) is 0 Å². The Morgan fingerprint density at radius 3 is 2.90 bits per heavy atom. The van der Waals surface area contributed by atoms with Crippen LogP contribution in [0.1, 0.15) is 17.3 Å². The summed E-state index contributed by atoms with van der Waals surface area (Å²) in [5.41, 5.74) is 1.38. The standard InChI is InChI=1S/C15H18N2O4/c1-9(15(19)20)10-7-17(8-10)14(18)11-3-2-4-12-13(11)21-6-5-16-12/h2-4,9-10,16H,5-8H2,1H3,(H,19,20). The van der Waals surface area contributed by atoms with Gasteiger partial charge in [-0.05, 0) is 12.1 Å². The predicted molar refractivity (Wildman–Crippen MR) is 76.6 cm³/mol. The summed E-state index contributed by atoms with van der Waals surface area (Å²) in [6.45, 7) is 3.93. The maximum Gasteiger partial charge on any atom is 0.306 e. The van der Waals surface area contributed by atoms with Crippen molar-refractivity contribution >= 4 is 17.6 Å². The van der Waals surface area contributed by atoms with Crippen molar-refractivity contribution in [1.82, 2.24) is 4.90 Å². The Kier molecular flexibility index (Phi) is 3.45. The van der Waals surface area contributed by atoms with E-state index in [1.54, 1.807) is 17.9 Å². The van der Waals surface area contributed by atoms with Crippen LogP contribution in [0.5, 0.6) is 5.75 Å². The van der Waals surface area contributed by atoms with Crippen LogP contribution in [-0.2, 0) is 4.79 Å². The lowest BCUT2D eigenvalue weighted by atomic mass is 9.86. The Morgan fingerprint density at radius 2 is 2.19 bits per heavy atom. The lowest BCUT2D eigenvalue weighted by Gasteiger charge is -2.41. The van der Waals surface area contributed by atoms with Crippen molar-refractivity contribution in [3.05, 3.63) is 23.8 Å². The van der Waals surface area contributed by atoms with E-state index in [1.165, 1.54) is 0 Å². The molecule has 0 saturated carbocycles. The molecule has 1 aromatic carbocycles. The van der Waals surface area contributed by atoms with Gasteiger partial charge in [0, 0.05) is 25.6 Å². The summed E-state index contributed by atoms with van der Waals surface area (Å²) < 4.78 is 5.60. The van der Waals surface area contributed by atoms with E-state index in [9.17, 15) is 9.59 Å². The number of fused-ring (bicyclic) bond motifs is 1. The molecule has 6 heteroatoms. The van der Waals surface area contributed by atoms with Crippen molar-refractivity contribution in [2.75, 3.05) is 31.6 Å². The Balaban J connectivity index is 1.72. The van der Waals surface area contributed by atoms with Crippen LogP contribution >= 0.6 is 0 Å². The second kappa shape index (κ2) is 5.27. The predicted octanol–water partition coefficient (Wildman–Crippen LogP) is 1.28. The van der Waals surface area contributed by atoms with E-state index < -0.39 is 11.9 Å². The number of para-hydroxylation sites is 1. The lowest BCUT2D eigenvalue weighted by molar-refractivity contribution is -0.144. The first-order valence-electron chi connectivity index (χ1n) is 7.09. The highest BCUT2D eigenvalue weighted by Crippen LogP contribution is 2.34. The van der Waals surface area contributed by atoms with Gasteiger partial charge in [0.1, 0.15) is 6.61 Å². The van der Waals surface area contributed by atoms with Crippen molar-refractivity contribution in [3.8, 4) is 5.75 Å². The zero-order chi connectivity index (χ0) is 15.0. The number of benzene rings is 1. The average molecular weight is 290 g/mol. The fourth-order valence-corrected chi connectivity index (χ4v) is 2.71. The summed E-state index contributed by atoms with van der Waals surface area (Å²) in [7, 11) is 0. The number of carbonyl (C=O) groups excluding carboxylic acids is 1. The number of ether oxygens (including phenoxy) is 1. The third-order valence-electron chi connectivity index (χ3n) is 4.20. The van der Waals surface area contributed by atoms with Gasteiger partial charge in [0.05, 0.1) is 17.2 Å². The second-order valence-corrected chi connectivity index (χ2v) is 5.55. The molecule has 3 rings (SSSR count). The molecule has 21 heavy (non-hydrogen) atoms. The normalized spacial score (nSPS) is 18.8. The Labute approximate surface area is 122 Å². The highest BCUT2D eigenvalue weighted by atomic mass is 16.5. The summed E-state index contributed by atoms with van der Waals surface area (Å²) in [5.74, 6) is -0.689. The minimum Gasteiger partial charge on any atom is -0.489 e. The molecule has 2 aliphatic heterocycles. The molecule has 0 spiro atoms. The van der Waals surface area contributed by atoms with Crippen LogP contribution in [-0.4, -0.2) is 48.1 Å². The van der Waals surface area contributed by atoms with Gasteiger partial charge in [0.2, 0.25) is 0 Å². The van der Waals surface area contributed by atoms with Crippen LogP contribution in [0.4, 0.5) is 5.69 Å². The molecule has 1 atom stereocenters. The summed E-state index contributed by atoms with van der Waals surface area (Å²) in [6, 6.07) is 5.46. The molecule has 1 aromatic rings. The van der Waals surface area contributed by atoms with Gasteiger partial charge in [-0.25, -0.2) is 0 Å². The number of hydrogen-bond acceptors (Lipinski definition) is 4. The molecule has 0 bridgehead atoms. The smallest absolute Gasteiger partial charge is 0.306 e. The van der Waals surface area contributed by atoms with E-state index in [4.69, 9.17) is 9.84 Å².